The van der Waals surface area contributed by atoms with Crippen molar-refractivity contribution in [2.24, 2.45) is 0 Å². The standard InChI is InChI=1S/C16H20O2S/c17-15(18)16(8-3-9-16)14-5-2-1-4-13(14)12-6-10-19-11-7-12/h1-2,4-5,12H,3,6-11H2,(H,17,18). The molecule has 0 radical (unpaired) electrons. The van der Waals surface area contributed by atoms with E-state index in [0.717, 1.165) is 24.8 Å². The van der Waals surface area contributed by atoms with Crippen LogP contribution in [-0.2, 0) is 10.2 Å². The summed E-state index contributed by atoms with van der Waals surface area (Å²) in [5.74, 6) is 2.35. The van der Waals surface area contributed by atoms with Crippen LogP contribution in [0.25, 0.3) is 0 Å². The summed E-state index contributed by atoms with van der Waals surface area (Å²) < 4.78 is 0. The highest BCUT2D eigenvalue weighted by Gasteiger charge is 2.47. The van der Waals surface area contributed by atoms with Crippen molar-refractivity contribution in [3.8, 4) is 0 Å². The molecule has 19 heavy (non-hydrogen) atoms. The number of carboxylic acid groups (broad SMARTS) is 1. The molecule has 0 amide bonds. The average molecular weight is 276 g/mol. The SMILES string of the molecule is O=C(O)C1(c2ccccc2C2CCSCC2)CCC1. The zero-order chi connectivity index (χ0) is 13.3. The monoisotopic (exact) mass is 276 g/mol. The molecule has 3 heteroatoms. The van der Waals surface area contributed by atoms with Gasteiger partial charge < -0.3 is 5.11 Å². The molecule has 0 spiro atoms. The summed E-state index contributed by atoms with van der Waals surface area (Å²) >= 11 is 2.02. The van der Waals surface area contributed by atoms with Crippen LogP contribution in [0.15, 0.2) is 24.3 Å². The number of aliphatic carboxylic acids is 1. The number of hydrogen-bond donors (Lipinski definition) is 1. The van der Waals surface area contributed by atoms with E-state index in [-0.39, 0.29) is 0 Å². The van der Waals surface area contributed by atoms with Crippen LogP contribution in [-0.4, -0.2) is 22.6 Å². The Balaban J connectivity index is 1.99. The van der Waals surface area contributed by atoms with Crippen LogP contribution in [0.2, 0.25) is 0 Å². The zero-order valence-electron chi connectivity index (χ0n) is 11.1. The van der Waals surface area contributed by atoms with E-state index in [1.807, 2.05) is 17.8 Å². The van der Waals surface area contributed by atoms with Crippen LogP contribution in [0.5, 0.6) is 0 Å². The molecule has 0 bridgehead atoms. The Bertz CT molecular complexity index is 473. The molecule has 0 aromatic heterocycles. The van der Waals surface area contributed by atoms with Crippen molar-refractivity contribution in [3.63, 3.8) is 0 Å². The molecular formula is C16H20O2S. The first kappa shape index (κ1) is 13.0. The topological polar surface area (TPSA) is 37.3 Å². The normalized spacial score (nSPS) is 22.7. The van der Waals surface area contributed by atoms with Crippen molar-refractivity contribution in [3.05, 3.63) is 35.4 Å². The van der Waals surface area contributed by atoms with E-state index in [2.05, 4.69) is 18.2 Å². The Morgan fingerprint density at radius 1 is 1.21 bits per heavy atom. The highest BCUT2D eigenvalue weighted by molar-refractivity contribution is 7.99. The van der Waals surface area contributed by atoms with Gasteiger partial charge in [-0.1, -0.05) is 30.7 Å². The quantitative estimate of drug-likeness (QED) is 0.912. The predicted octanol–water partition coefficient (Wildman–Crippen LogP) is 3.80. The van der Waals surface area contributed by atoms with Gasteiger partial charge in [0.15, 0.2) is 0 Å². The highest BCUT2D eigenvalue weighted by Crippen LogP contribution is 2.47. The summed E-state index contributed by atoms with van der Waals surface area (Å²) in [5.41, 5.74) is 1.83. The van der Waals surface area contributed by atoms with E-state index in [9.17, 15) is 9.90 Å². The molecule has 0 unspecified atom stereocenters. The number of carbonyl (C=O) groups is 1. The van der Waals surface area contributed by atoms with Gasteiger partial charge in [-0.25, -0.2) is 0 Å². The molecule has 0 atom stereocenters. The molecule has 1 saturated heterocycles. The minimum absolute atomic E-state index is 0.564. The minimum atomic E-state index is -0.628. The maximum Gasteiger partial charge on any atom is 0.314 e. The molecule has 1 aromatic carbocycles. The van der Waals surface area contributed by atoms with Gasteiger partial charge in [-0.05, 0) is 54.2 Å². The predicted molar refractivity (Wildman–Crippen MR) is 78.9 cm³/mol. The van der Waals surface area contributed by atoms with Crippen LogP contribution in [0.4, 0.5) is 0 Å². The number of rotatable bonds is 3. The van der Waals surface area contributed by atoms with Crippen molar-refractivity contribution in [1.82, 2.24) is 0 Å². The lowest BCUT2D eigenvalue weighted by Gasteiger charge is -2.40. The fraction of sp³-hybridized carbons (Fsp3) is 0.562. The van der Waals surface area contributed by atoms with Gasteiger partial charge in [0, 0.05) is 0 Å². The highest BCUT2D eigenvalue weighted by atomic mass is 32.2. The third kappa shape index (κ3) is 2.18. The third-order valence-electron chi connectivity index (χ3n) is 4.75. The number of thioether (sulfide) groups is 1. The molecule has 2 aliphatic rings. The molecule has 1 N–H and O–H groups in total. The molecule has 2 nitrogen and oxygen atoms in total. The largest absolute Gasteiger partial charge is 0.481 e. The summed E-state index contributed by atoms with van der Waals surface area (Å²) in [7, 11) is 0. The van der Waals surface area contributed by atoms with Gasteiger partial charge >= 0.3 is 5.97 Å². The second kappa shape index (κ2) is 5.20. The van der Waals surface area contributed by atoms with Crippen LogP contribution in [0.3, 0.4) is 0 Å². The maximum absolute atomic E-state index is 11.7. The summed E-state index contributed by atoms with van der Waals surface area (Å²) in [5, 5.41) is 9.66. The first-order valence-corrected chi connectivity index (χ1v) is 8.30. The molecule has 1 aliphatic carbocycles. The second-order valence-electron chi connectivity index (χ2n) is 5.71. The fourth-order valence-corrected chi connectivity index (χ4v) is 4.53. The molecule has 2 fully saturated rings. The molecule has 1 heterocycles. The minimum Gasteiger partial charge on any atom is -0.481 e. The van der Waals surface area contributed by atoms with E-state index >= 15 is 0 Å². The van der Waals surface area contributed by atoms with Crippen molar-refractivity contribution in [1.29, 1.82) is 0 Å². The van der Waals surface area contributed by atoms with Crippen LogP contribution in [0, 0.1) is 0 Å². The lowest BCUT2D eigenvalue weighted by molar-refractivity contribution is -0.147. The third-order valence-corrected chi connectivity index (χ3v) is 5.80. The lowest BCUT2D eigenvalue weighted by atomic mass is 9.62. The Labute approximate surface area is 118 Å². The molecule has 1 aromatic rings. The Morgan fingerprint density at radius 3 is 2.47 bits per heavy atom. The van der Waals surface area contributed by atoms with Gasteiger partial charge in [0.1, 0.15) is 0 Å². The Hall–Kier alpha value is -0.960. The lowest BCUT2D eigenvalue weighted by Crippen LogP contribution is -2.43. The van der Waals surface area contributed by atoms with E-state index in [0.29, 0.717) is 5.92 Å². The van der Waals surface area contributed by atoms with Gasteiger partial charge in [0.25, 0.3) is 0 Å². The summed E-state index contributed by atoms with van der Waals surface area (Å²) in [6.45, 7) is 0. The first-order chi connectivity index (χ1) is 9.24. The van der Waals surface area contributed by atoms with Gasteiger partial charge in [0.05, 0.1) is 5.41 Å². The maximum atomic E-state index is 11.7. The van der Waals surface area contributed by atoms with Crippen molar-refractivity contribution in [2.45, 2.75) is 43.4 Å². The average Bonchev–Trinajstić information content (AvgIpc) is 2.39. The van der Waals surface area contributed by atoms with Crippen LogP contribution >= 0.6 is 11.8 Å². The second-order valence-corrected chi connectivity index (χ2v) is 6.94. The van der Waals surface area contributed by atoms with Crippen molar-refractivity contribution < 1.29 is 9.90 Å². The van der Waals surface area contributed by atoms with Gasteiger partial charge in [0.2, 0.25) is 0 Å². The number of hydrogen-bond acceptors (Lipinski definition) is 2. The van der Waals surface area contributed by atoms with E-state index in [1.54, 1.807) is 0 Å². The molecule has 1 saturated carbocycles. The first-order valence-electron chi connectivity index (χ1n) is 7.14. The van der Waals surface area contributed by atoms with Crippen LogP contribution < -0.4 is 0 Å². The van der Waals surface area contributed by atoms with Gasteiger partial charge in [-0.2, -0.15) is 11.8 Å². The number of benzene rings is 1. The smallest absolute Gasteiger partial charge is 0.314 e. The van der Waals surface area contributed by atoms with Crippen molar-refractivity contribution in [2.75, 3.05) is 11.5 Å². The van der Waals surface area contributed by atoms with Crippen molar-refractivity contribution >= 4 is 17.7 Å². The van der Waals surface area contributed by atoms with Crippen LogP contribution in [0.1, 0.15) is 49.1 Å². The molecule has 1 aliphatic heterocycles. The fourth-order valence-electron chi connectivity index (χ4n) is 3.43. The summed E-state index contributed by atoms with van der Waals surface area (Å²) in [4.78, 5) is 11.7. The van der Waals surface area contributed by atoms with Gasteiger partial charge in [-0.3, -0.25) is 4.79 Å². The summed E-state index contributed by atoms with van der Waals surface area (Å²) in [6, 6.07) is 8.29. The van der Waals surface area contributed by atoms with E-state index in [1.165, 1.54) is 29.9 Å². The van der Waals surface area contributed by atoms with E-state index in [4.69, 9.17) is 0 Å². The Kier molecular flexibility index (Phi) is 3.57. The summed E-state index contributed by atoms with van der Waals surface area (Å²) in [6.07, 6.45) is 5.04. The van der Waals surface area contributed by atoms with E-state index < -0.39 is 11.4 Å². The molecule has 102 valence electrons. The molecular weight excluding hydrogens is 256 g/mol. The zero-order valence-corrected chi connectivity index (χ0v) is 11.9. The molecule has 3 rings (SSSR count). The Morgan fingerprint density at radius 2 is 1.89 bits per heavy atom. The van der Waals surface area contributed by atoms with Gasteiger partial charge in [-0.15, -0.1) is 0 Å². The number of carboxylic acids is 1.